The minimum Gasteiger partial charge on any atom is -0.414 e. The summed E-state index contributed by atoms with van der Waals surface area (Å²) in [5, 5.41) is 10.2. The Kier molecular flexibility index (Phi) is 5.34. The summed E-state index contributed by atoms with van der Waals surface area (Å²) in [6, 6.07) is 4.52. The van der Waals surface area contributed by atoms with Gasteiger partial charge >= 0.3 is 0 Å². The smallest absolute Gasteiger partial charge is 0.192 e. The van der Waals surface area contributed by atoms with Crippen molar-refractivity contribution in [1.82, 2.24) is 0 Å². The molecule has 108 valence electrons. The van der Waals surface area contributed by atoms with Crippen molar-refractivity contribution in [2.24, 2.45) is 0 Å². The highest BCUT2D eigenvalue weighted by atomic mass is 79.9. The molecule has 0 saturated heterocycles. The summed E-state index contributed by atoms with van der Waals surface area (Å²) in [6.07, 6.45) is -0.731. The Morgan fingerprint density at radius 3 is 2.42 bits per heavy atom. The van der Waals surface area contributed by atoms with Gasteiger partial charge in [0.2, 0.25) is 0 Å². The molecule has 1 aromatic carbocycles. The van der Waals surface area contributed by atoms with E-state index in [-0.39, 0.29) is 17.5 Å². The summed E-state index contributed by atoms with van der Waals surface area (Å²) in [5.41, 5.74) is 0.659. The first-order valence-corrected chi connectivity index (χ1v) is 10.0. The highest BCUT2D eigenvalue weighted by molar-refractivity contribution is 9.10. The third kappa shape index (κ3) is 4.38. The Hall–Kier alpha value is -0.233. The fourth-order valence-electron chi connectivity index (χ4n) is 1.32. The minimum absolute atomic E-state index is 0.107. The molecular weight excluding hydrogens is 327 g/mol. The van der Waals surface area contributed by atoms with Crippen LogP contribution in [0.3, 0.4) is 0 Å². The van der Waals surface area contributed by atoms with E-state index in [9.17, 15) is 9.50 Å². The van der Waals surface area contributed by atoms with Crippen LogP contribution < -0.4 is 0 Å². The second-order valence-corrected chi connectivity index (χ2v) is 11.9. The lowest BCUT2D eigenvalue weighted by atomic mass is 10.1. The molecule has 19 heavy (non-hydrogen) atoms. The van der Waals surface area contributed by atoms with Gasteiger partial charge in [-0.3, -0.25) is 0 Å². The normalized spacial score (nSPS) is 14.5. The summed E-state index contributed by atoms with van der Waals surface area (Å²) in [6.45, 7) is 11.0. The third-order valence-electron chi connectivity index (χ3n) is 3.74. The molecule has 0 heterocycles. The standard InChI is InChI=1S/C14H22BrFO2Si/c1-14(2,3)19(4,5)18-9-13(17)10-6-7-12(16)11(15)8-10/h6-8,13,17H,9H2,1-5H3. The van der Waals surface area contributed by atoms with Crippen LogP contribution in [0.4, 0.5) is 4.39 Å². The summed E-state index contributed by atoms with van der Waals surface area (Å²) in [7, 11) is -1.87. The van der Waals surface area contributed by atoms with E-state index >= 15 is 0 Å². The summed E-state index contributed by atoms with van der Waals surface area (Å²) in [5.74, 6) is -0.332. The van der Waals surface area contributed by atoms with Gasteiger partial charge in [-0.25, -0.2) is 4.39 Å². The molecular formula is C14H22BrFO2Si. The van der Waals surface area contributed by atoms with Crippen LogP contribution >= 0.6 is 15.9 Å². The van der Waals surface area contributed by atoms with Crippen LogP contribution in [-0.2, 0) is 4.43 Å². The number of benzene rings is 1. The van der Waals surface area contributed by atoms with Gasteiger partial charge in [0.05, 0.1) is 11.1 Å². The van der Waals surface area contributed by atoms with Crippen LogP contribution in [-0.4, -0.2) is 20.0 Å². The minimum atomic E-state index is -1.87. The third-order valence-corrected chi connectivity index (χ3v) is 8.85. The van der Waals surface area contributed by atoms with Gasteiger partial charge in [-0.1, -0.05) is 26.8 Å². The van der Waals surface area contributed by atoms with Gasteiger partial charge in [-0.05, 0) is 51.8 Å². The molecule has 1 rings (SSSR count). The van der Waals surface area contributed by atoms with E-state index in [1.807, 2.05) is 0 Å². The van der Waals surface area contributed by atoms with Gasteiger partial charge in [0, 0.05) is 0 Å². The van der Waals surface area contributed by atoms with Gasteiger partial charge in [0.25, 0.3) is 0 Å². The quantitative estimate of drug-likeness (QED) is 0.802. The zero-order valence-corrected chi connectivity index (χ0v) is 14.7. The van der Waals surface area contributed by atoms with Gasteiger partial charge < -0.3 is 9.53 Å². The van der Waals surface area contributed by atoms with Crippen LogP contribution in [0.15, 0.2) is 22.7 Å². The van der Waals surface area contributed by atoms with Crippen LogP contribution in [0, 0.1) is 5.82 Å². The molecule has 0 saturated carbocycles. The van der Waals surface area contributed by atoms with E-state index in [1.54, 1.807) is 12.1 Å². The van der Waals surface area contributed by atoms with E-state index in [4.69, 9.17) is 4.43 Å². The molecule has 1 N–H and O–H groups in total. The van der Waals surface area contributed by atoms with Gasteiger partial charge in [0.1, 0.15) is 11.9 Å². The molecule has 0 amide bonds. The van der Waals surface area contributed by atoms with E-state index < -0.39 is 14.4 Å². The maximum Gasteiger partial charge on any atom is 0.192 e. The van der Waals surface area contributed by atoms with Crippen LogP contribution in [0.25, 0.3) is 0 Å². The molecule has 0 fully saturated rings. The Labute approximate surface area is 124 Å². The first-order chi connectivity index (χ1) is 8.54. The largest absolute Gasteiger partial charge is 0.414 e. The molecule has 1 unspecified atom stereocenters. The van der Waals surface area contributed by atoms with E-state index in [1.165, 1.54) is 6.07 Å². The van der Waals surface area contributed by atoms with Crippen molar-refractivity contribution in [1.29, 1.82) is 0 Å². The van der Waals surface area contributed by atoms with Crippen molar-refractivity contribution in [3.63, 3.8) is 0 Å². The summed E-state index contributed by atoms with van der Waals surface area (Å²) >= 11 is 3.12. The van der Waals surface area contributed by atoms with E-state index in [0.717, 1.165) is 0 Å². The average molecular weight is 349 g/mol. The SMILES string of the molecule is CC(C)(C)[Si](C)(C)OCC(O)c1ccc(F)c(Br)c1. The fourth-order valence-corrected chi connectivity index (χ4v) is 2.72. The molecule has 0 aliphatic rings. The monoisotopic (exact) mass is 348 g/mol. The predicted molar refractivity (Wildman–Crippen MR) is 82.2 cm³/mol. The van der Waals surface area contributed by atoms with Crippen molar-refractivity contribution in [3.05, 3.63) is 34.1 Å². The zero-order valence-electron chi connectivity index (χ0n) is 12.1. The van der Waals surface area contributed by atoms with Gasteiger partial charge in [-0.2, -0.15) is 0 Å². The van der Waals surface area contributed by atoms with Crippen LogP contribution in [0.1, 0.15) is 32.4 Å². The topological polar surface area (TPSA) is 29.5 Å². The van der Waals surface area contributed by atoms with E-state index in [0.29, 0.717) is 10.0 Å². The number of hydrogen-bond donors (Lipinski definition) is 1. The second kappa shape index (κ2) is 6.04. The Morgan fingerprint density at radius 1 is 1.37 bits per heavy atom. The van der Waals surface area contributed by atoms with Crippen molar-refractivity contribution >= 4 is 24.2 Å². The van der Waals surface area contributed by atoms with E-state index in [2.05, 4.69) is 49.8 Å². The maximum atomic E-state index is 13.1. The highest BCUT2D eigenvalue weighted by Crippen LogP contribution is 2.37. The first kappa shape index (κ1) is 16.8. The van der Waals surface area contributed by atoms with Crippen LogP contribution in [0.2, 0.25) is 18.1 Å². The highest BCUT2D eigenvalue weighted by Gasteiger charge is 2.37. The summed E-state index contributed by atoms with van der Waals surface area (Å²) in [4.78, 5) is 0. The maximum absolute atomic E-state index is 13.1. The molecule has 2 nitrogen and oxygen atoms in total. The molecule has 0 aromatic heterocycles. The molecule has 0 spiro atoms. The molecule has 5 heteroatoms. The van der Waals surface area contributed by atoms with Gasteiger partial charge in [0.15, 0.2) is 8.32 Å². The van der Waals surface area contributed by atoms with Gasteiger partial charge in [-0.15, -0.1) is 0 Å². The molecule has 1 atom stereocenters. The van der Waals surface area contributed by atoms with Crippen LogP contribution in [0.5, 0.6) is 0 Å². The number of aliphatic hydroxyl groups excluding tert-OH is 1. The Balaban J connectivity index is 2.70. The molecule has 0 bridgehead atoms. The first-order valence-electron chi connectivity index (χ1n) is 6.31. The lowest BCUT2D eigenvalue weighted by Gasteiger charge is -2.36. The number of aliphatic hydroxyl groups is 1. The molecule has 1 aromatic rings. The Bertz CT molecular complexity index is 444. The fraction of sp³-hybridized carbons (Fsp3) is 0.571. The lowest BCUT2D eigenvalue weighted by molar-refractivity contribution is 0.100. The molecule has 0 aliphatic heterocycles. The zero-order chi connectivity index (χ0) is 14.8. The van der Waals surface area contributed by atoms with Crippen molar-refractivity contribution in [3.8, 4) is 0 Å². The average Bonchev–Trinajstić information content (AvgIpc) is 2.28. The number of halogens is 2. The lowest BCUT2D eigenvalue weighted by Crippen LogP contribution is -2.41. The Morgan fingerprint density at radius 2 is 1.95 bits per heavy atom. The number of hydrogen-bond acceptors (Lipinski definition) is 2. The summed E-state index contributed by atoms with van der Waals surface area (Å²) < 4.78 is 19.5. The van der Waals surface area contributed by atoms with Crippen molar-refractivity contribution < 1.29 is 13.9 Å². The molecule has 0 aliphatic carbocycles. The predicted octanol–water partition coefficient (Wildman–Crippen LogP) is 4.64. The second-order valence-electron chi connectivity index (χ2n) is 6.26. The molecule has 0 radical (unpaired) electrons. The van der Waals surface area contributed by atoms with Crippen molar-refractivity contribution in [2.45, 2.75) is 45.0 Å². The van der Waals surface area contributed by atoms with Crippen molar-refractivity contribution in [2.75, 3.05) is 6.61 Å². The number of rotatable bonds is 4.